The van der Waals surface area contributed by atoms with Crippen LogP contribution in [0.5, 0.6) is 0 Å². The molecule has 2 fully saturated rings. The summed E-state index contributed by atoms with van der Waals surface area (Å²) in [7, 11) is -3.49. The molecule has 3 N–H and O–H groups in total. The summed E-state index contributed by atoms with van der Waals surface area (Å²) >= 11 is 0. The molecule has 1 saturated carbocycles. The minimum atomic E-state index is -3.49. The van der Waals surface area contributed by atoms with Crippen LogP contribution in [0, 0.1) is 5.41 Å². The zero-order valence-corrected chi connectivity index (χ0v) is 21.7. The van der Waals surface area contributed by atoms with E-state index in [9.17, 15) is 27.9 Å². The minimum Gasteiger partial charge on any atom is -0.480 e. The van der Waals surface area contributed by atoms with Gasteiger partial charge in [0.2, 0.25) is 5.91 Å². The maximum Gasteiger partial charge on any atom is 0.326 e. The van der Waals surface area contributed by atoms with Crippen molar-refractivity contribution in [1.82, 2.24) is 15.5 Å². The Labute approximate surface area is 198 Å². The molecule has 1 heterocycles. The number of amides is 3. The molecule has 9 nitrogen and oxygen atoms in total. The van der Waals surface area contributed by atoms with Gasteiger partial charge in [-0.2, -0.15) is 0 Å². The summed E-state index contributed by atoms with van der Waals surface area (Å²) in [5.74, 6) is -1.63. The molecule has 2 aliphatic rings. The molecule has 0 aromatic heterocycles. The predicted octanol–water partition coefficient (Wildman–Crippen LogP) is 2.69. The van der Waals surface area contributed by atoms with E-state index in [1.54, 1.807) is 20.8 Å². The number of nitrogens with one attached hydrogen (secondary N) is 2. The summed E-state index contributed by atoms with van der Waals surface area (Å²) in [6, 6.07) is -2.44. The summed E-state index contributed by atoms with van der Waals surface area (Å²) < 4.78 is 25.0. The summed E-state index contributed by atoms with van der Waals surface area (Å²) in [5.41, 5.74) is -1.56. The number of likely N-dealkylation sites (tertiary alicyclic amines) is 1. The van der Waals surface area contributed by atoms with Gasteiger partial charge in [0.1, 0.15) is 12.1 Å². The van der Waals surface area contributed by atoms with Gasteiger partial charge in [0.15, 0.2) is 9.84 Å². The van der Waals surface area contributed by atoms with Crippen LogP contribution in [0.2, 0.25) is 0 Å². The Morgan fingerprint density at radius 3 is 2.09 bits per heavy atom. The van der Waals surface area contributed by atoms with Crippen molar-refractivity contribution in [3.8, 4) is 0 Å². The van der Waals surface area contributed by atoms with E-state index in [4.69, 9.17) is 0 Å². The van der Waals surface area contributed by atoms with E-state index in [2.05, 4.69) is 10.6 Å². The molecule has 0 aromatic carbocycles. The van der Waals surface area contributed by atoms with Crippen LogP contribution in [0.4, 0.5) is 4.79 Å². The number of aliphatic carboxylic acids is 1. The molecule has 2 atom stereocenters. The van der Waals surface area contributed by atoms with Crippen molar-refractivity contribution in [1.29, 1.82) is 0 Å². The van der Waals surface area contributed by atoms with Gasteiger partial charge in [-0.1, -0.05) is 40.0 Å². The first-order chi connectivity index (χ1) is 15.0. The third-order valence-corrected chi connectivity index (χ3v) is 9.60. The van der Waals surface area contributed by atoms with Crippen molar-refractivity contribution in [2.45, 2.75) is 109 Å². The first kappa shape index (κ1) is 27.4. The number of sulfone groups is 1. The number of hydrogen-bond acceptors (Lipinski definition) is 5. The summed E-state index contributed by atoms with van der Waals surface area (Å²) in [6.07, 6.45) is 4.70. The summed E-state index contributed by atoms with van der Waals surface area (Å²) in [4.78, 5) is 39.4. The normalized spacial score (nSPS) is 22.5. The highest BCUT2D eigenvalue weighted by molar-refractivity contribution is 7.92. The highest BCUT2D eigenvalue weighted by Crippen LogP contribution is 2.33. The Bertz CT molecular complexity index is 850. The third-order valence-electron chi connectivity index (χ3n) is 6.80. The molecular formula is C23H41N3O6S. The fourth-order valence-corrected chi connectivity index (χ4v) is 6.15. The zero-order valence-electron chi connectivity index (χ0n) is 20.9. The number of carbonyl (C=O) groups is 3. The molecule has 1 aliphatic heterocycles. The number of carboxylic acid groups (broad SMARTS) is 1. The largest absolute Gasteiger partial charge is 0.480 e. The van der Waals surface area contributed by atoms with Crippen LogP contribution in [0.25, 0.3) is 0 Å². The molecule has 1 saturated heterocycles. The smallest absolute Gasteiger partial charge is 0.326 e. The average molecular weight is 488 g/mol. The molecule has 33 heavy (non-hydrogen) atoms. The number of nitrogens with zero attached hydrogens (tertiary/aromatic N) is 1. The second-order valence-corrected chi connectivity index (χ2v) is 14.4. The van der Waals surface area contributed by atoms with Gasteiger partial charge in [-0.25, -0.2) is 18.0 Å². The van der Waals surface area contributed by atoms with Crippen LogP contribution in [0.1, 0.15) is 86.5 Å². The molecular weight excluding hydrogens is 446 g/mol. The number of carboxylic acids is 1. The van der Waals surface area contributed by atoms with Gasteiger partial charge in [-0.15, -0.1) is 0 Å². The maximum atomic E-state index is 13.3. The second-order valence-electron chi connectivity index (χ2n) is 11.6. The number of rotatable bonds is 6. The van der Waals surface area contributed by atoms with Crippen molar-refractivity contribution >= 4 is 27.7 Å². The lowest BCUT2D eigenvalue weighted by Gasteiger charge is -2.41. The van der Waals surface area contributed by atoms with E-state index in [1.807, 2.05) is 20.8 Å². The van der Waals surface area contributed by atoms with Crippen molar-refractivity contribution < 1.29 is 27.9 Å². The molecule has 2 rings (SSSR count). The van der Waals surface area contributed by atoms with E-state index in [1.165, 1.54) is 4.90 Å². The lowest BCUT2D eigenvalue weighted by atomic mass is 9.83. The van der Waals surface area contributed by atoms with E-state index < -0.39 is 55.5 Å². The molecule has 0 unspecified atom stereocenters. The molecule has 0 bridgehead atoms. The van der Waals surface area contributed by atoms with Gasteiger partial charge < -0.3 is 20.6 Å². The van der Waals surface area contributed by atoms with Gasteiger partial charge >= 0.3 is 12.0 Å². The monoisotopic (exact) mass is 487 g/mol. The maximum absolute atomic E-state index is 13.3. The fraction of sp³-hybridized carbons (Fsp3) is 0.870. The van der Waals surface area contributed by atoms with Crippen LogP contribution < -0.4 is 10.6 Å². The van der Waals surface area contributed by atoms with Gasteiger partial charge in [0, 0.05) is 6.54 Å². The highest BCUT2D eigenvalue weighted by Gasteiger charge is 2.45. The van der Waals surface area contributed by atoms with Crippen LogP contribution in [-0.4, -0.2) is 71.0 Å². The zero-order chi connectivity index (χ0) is 25.2. The molecule has 0 aromatic rings. The lowest BCUT2D eigenvalue weighted by molar-refractivity contribution is -0.150. The van der Waals surface area contributed by atoms with Crippen molar-refractivity contribution in [3.63, 3.8) is 0 Å². The first-order valence-electron chi connectivity index (χ1n) is 11.8. The Kier molecular flexibility index (Phi) is 8.14. The Morgan fingerprint density at radius 1 is 1.03 bits per heavy atom. The van der Waals surface area contributed by atoms with E-state index in [0.717, 1.165) is 19.3 Å². The SMILES string of the molecule is CC(C)(C)[C@H](NC(=O)NC1(CS(=O)(=O)C(C)(C)C)CCCCC1)C(=O)N1CCC[C@H]1C(=O)O. The summed E-state index contributed by atoms with van der Waals surface area (Å²) in [6.45, 7) is 10.7. The van der Waals surface area contributed by atoms with Gasteiger partial charge in [-0.05, 0) is 51.9 Å². The molecule has 0 radical (unpaired) electrons. The highest BCUT2D eigenvalue weighted by atomic mass is 32.2. The van der Waals surface area contributed by atoms with E-state index in [0.29, 0.717) is 32.2 Å². The van der Waals surface area contributed by atoms with E-state index in [-0.39, 0.29) is 5.75 Å². The summed E-state index contributed by atoms with van der Waals surface area (Å²) in [5, 5.41) is 15.2. The van der Waals surface area contributed by atoms with Gasteiger partial charge in [0.25, 0.3) is 0 Å². The van der Waals surface area contributed by atoms with Gasteiger partial charge in [0.05, 0.1) is 16.0 Å². The molecule has 3 amide bonds. The first-order valence-corrected chi connectivity index (χ1v) is 13.5. The fourth-order valence-electron chi connectivity index (χ4n) is 4.62. The lowest BCUT2D eigenvalue weighted by Crippen LogP contribution is -2.63. The van der Waals surface area contributed by atoms with Crippen LogP contribution in [0.3, 0.4) is 0 Å². The molecule has 1 aliphatic carbocycles. The van der Waals surface area contributed by atoms with Crippen molar-refractivity contribution in [2.24, 2.45) is 5.41 Å². The van der Waals surface area contributed by atoms with Crippen LogP contribution in [-0.2, 0) is 19.4 Å². The Hall–Kier alpha value is -1.84. The Morgan fingerprint density at radius 2 is 1.61 bits per heavy atom. The molecule has 0 spiro atoms. The number of carbonyl (C=O) groups excluding carboxylic acids is 2. The standard InChI is InChI=1S/C23H41N3O6S/c1-21(2,3)17(18(27)26-14-10-11-16(26)19(28)29)24-20(30)25-23(12-8-7-9-13-23)15-33(31,32)22(4,5)6/h16-17H,7-15H2,1-6H3,(H,28,29)(H2,24,25,30)/t16-,17+/m0/s1. The minimum absolute atomic E-state index is 0.154. The van der Waals surface area contributed by atoms with Crippen LogP contribution >= 0.6 is 0 Å². The number of hydrogen-bond donors (Lipinski definition) is 3. The number of urea groups is 1. The Balaban J connectivity index is 2.24. The van der Waals surface area contributed by atoms with Gasteiger partial charge in [-0.3, -0.25) is 4.79 Å². The van der Waals surface area contributed by atoms with Crippen molar-refractivity contribution in [3.05, 3.63) is 0 Å². The third kappa shape index (κ3) is 6.61. The molecule has 10 heteroatoms. The van der Waals surface area contributed by atoms with Crippen molar-refractivity contribution in [2.75, 3.05) is 12.3 Å². The quantitative estimate of drug-likeness (QED) is 0.528. The predicted molar refractivity (Wildman–Crippen MR) is 127 cm³/mol. The second kappa shape index (κ2) is 9.80. The average Bonchev–Trinajstić information content (AvgIpc) is 3.14. The van der Waals surface area contributed by atoms with Crippen LogP contribution in [0.15, 0.2) is 0 Å². The topological polar surface area (TPSA) is 133 Å². The molecule has 190 valence electrons. The van der Waals surface area contributed by atoms with E-state index >= 15 is 0 Å².